The van der Waals surface area contributed by atoms with Gasteiger partial charge in [0.05, 0.1) is 24.5 Å². The summed E-state index contributed by atoms with van der Waals surface area (Å²) in [6.07, 6.45) is -2.34. The monoisotopic (exact) mass is 256 g/mol. The Kier molecular flexibility index (Phi) is 2.60. The first kappa shape index (κ1) is 11.9. The van der Waals surface area contributed by atoms with Gasteiger partial charge in [0.15, 0.2) is 6.10 Å². The van der Waals surface area contributed by atoms with E-state index < -0.39 is 24.2 Å². The van der Waals surface area contributed by atoms with E-state index in [4.69, 9.17) is 14.2 Å². The van der Waals surface area contributed by atoms with Gasteiger partial charge in [-0.05, 0) is 13.8 Å². The third-order valence-corrected chi connectivity index (χ3v) is 4.06. The van der Waals surface area contributed by atoms with Crippen LogP contribution in [0, 0.1) is 11.8 Å². The van der Waals surface area contributed by atoms with Gasteiger partial charge in [0, 0.05) is 5.92 Å². The predicted octanol–water partition coefficient (Wildman–Crippen LogP) is -0.372. The van der Waals surface area contributed by atoms with Crippen LogP contribution in [0.2, 0.25) is 0 Å². The zero-order chi connectivity index (χ0) is 13.0. The number of carbonyl (C=O) groups excluding carboxylic acids is 2. The van der Waals surface area contributed by atoms with Crippen LogP contribution >= 0.6 is 0 Å². The number of cyclic esters (lactones) is 2. The van der Waals surface area contributed by atoms with Crippen molar-refractivity contribution in [2.45, 2.75) is 50.8 Å². The number of aliphatic hydroxyl groups is 1. The normalized spacial score (nSPS) is 48.2. The molecule has 0 aromatic rings. The molecule has 3 aliphatic heterocycles. The van der Waals surface area contributed by atoms with Crippen molar-refractivity contribution in [1.29, 1.82) is 0 Å². The third kappa shape index (κ3) is 1.55. The molecule has 7 atom stereocenters. The molecule has 3 saturated heterocycles. The van der Waals surface area contributed by atoms with Crippen molar-refractivity contribution < 1.29 is 28.9 Å². The van der Waals surface area contributed by atoms with E-state index in [2.05, 4.69) is 0 Å². The topological polar surface area (TPSA) is 82.1 Å². The van der Waals surface area contributed by atoms with Gasteiger partial charge in [0.25, 0.3) is 0 Å². The standard InChI is InChI=1S/C12H16O6/c1-4(13)9-11-8(12(15)18-9)6-3-7(14)16-5(2)10(6)17-11/h4-6,8-11,13H,3H2,1-2H3/t4-,5-,6-,8-,9-,10-,11+/m1/s1. The average Bonchev–Trinajstić information content (AvgIpc) is 2.78. The Labute approximate surface area is 104 Å². The van der Waals surface area contributed by atoms with E-state index in [1.807, 2.05) is 0 Å². The molecule has 1 N–H and O–H groups in total. The molecule has 100 valence electrons. The molecule has 0 aromatic heterocycles. The van der Waals surface area contributed by atoms with E-state index in [-0.39, 0.29) is 36.5 Å². The fourth-order valence-corrected chi connectivity index (χ4v) is 3.28. The molecule has 0 unspecified atom stereocenters. The molecular weight excluding hydrogens is 240 g/mol. The zero-order valence-electron chi connectivity index (χ0n) is 10.2. The molecule has 3 heterocycles. The summed E-state index contributed by atoms with van der Waals surface area (Å²) in [5.41, 5.74) is 0. The van der Waals surface area contributed by atoms with E-state index in [9.17, 15) is 14.7 Å². The van der Waals surface area contributed by atoms with Crippen molar-refractivity contribution in [3.63, 3.8) is 0 Å². The number of esters is 2. The number of carbonyl (C=O) groups is 2. The van der Waals surface area contributed by atoms with Gasteiger partial charge < -0.3 is 19.3 Å². The van der Waals surface area contributed by atoms with Crippen LogP contribution in [0.1, 0.15) is 20.3 Å². The maximum Gasteiger partial charge on any atom is 0.312 e. The highest BCUT2D eigenvalue weighted by Crippen LogP contribution is 2.46. The summed E-state index contributed by atoms with van der Waals surface area (Å²) in [5.74, 6) is -1.33. The van der Waals surface area contributed by atoms with Crippen LogP contribution in [0.5, 0.6) is 0 Å². The van der Waals surface area contributed by atoms with Gasteiger partial charge in [-0.25, -0.2) is 0 Å². The van der Waals surface area contributed by atoms with Crippen LogP contribution in [0.3, 0.4) is 0 Å². The highest BCUT2D eigenvalue weighted by atomic mass is 16.6. The van der Waals surface area contributed by atoms with Gasteiger partial charge in [-0.15, -0.1) is 0 Å². The number of aliphatic hydroxyl groups excluding tert-OH is 1. The lowest BCUT2D eigenvalue weighted by Crippen LogP contribution is -2.42. The number of hydrogen-bond donors (Lipinski definition) is 1. The fourth-order valence-electron chi connectivity index (χ4n) is 3.28. The summed E-state index contributed by atoms with van der Waals surface area (Å²) in [6, 6.07) is 0. The lowest BCUT2D eigenvalue weighted by atomic mass is 9.81. The Balaban J connectivity index is 1.88. The van der Waals surface area contributed by atoms with E-state index in [0.717, 1.165) is 0 Å². The maximum atomic E-state index is 11.9. The molecule has 3 rings (SSSR count). The van der Waals surface area contributed by atoms with Crippen molar-refractivity contribution in [3.05, 3.63) is 0 Å². The van der Waals surface area contributed by atoms with Crippen molar-refractivity contribution in [2.24, 2.45) is 11.8 Å². The summed E-state index contributed by atoms with van der Waals surface area (Å²) in [6.45, 7) is 3.33. The van der Waals surface area contributed by atoms with Crippen LogP contribution in [0.4, 0.5) is 0 Å². The number of fused-ring (bicyclic) bond motifs is 3. The van der Waals surface area contributed by atoms with Crippen molar-refractivity contribution >= 4 is 11.9 Å². The second kappa shape index (κ2) is 3.93. The number of ether oxygens (including phenoxy) is 3. The Morgan fingerprint density at radius 3 is 2.67 bits per heavy atom. The minimum atomic E-state index is -0.781. The molecule has 6 heteroatoms. The molecule has 0 radical (unpaired) electrons. The Morgan fingerprint density at radius 1 is 1.28 bits per heavy atom. The largest absolute Gasteiger partial charge is 0.460 e. The summed E-state index contributed by atoms with van der Waals surface area (Å²) in [4.78, 5) is 23.3. The molecule has 0 aromatic carbocycles. The molecule has 0 amide bonds. The first-order valence-corrected chi connectivity index (χ1v) is 6.22. The van der Waals surface area contributed by atoms with Crippen LogP contribution < -0.4 is 0 Å². The van der Waals surface area contributed by atoms with Crippen LogP contribution in [0.25, 0.3) is 0 Å². The van der Waals surface area contributed by atoms with Gasteiger partial charge in [-0.1, -0.05) is 0 Å². The first-order chi connectivity index (χ1) is 8.49. The predicted molar refractivity (Wildman–Crippen MR) is 57.4 cm³/mol. The van der Waals surface area contributed by atoms with E-state index in [0.29, 0.717) is 0 Å². The SMILES string of the molecule is C[C@@H](O)[C@H]1OC(=O)[C@@H]2[C@H]3CC(=O)O[C@H](C)[C@H]3O[C@H]12. The number of rotatable bonds is 1. The van der Waals surface area contributed by atoms with Gasteiger partial charge in [-0.3, -0.25) is 9.59 Å². The summed E-state index contributed by atoms with van der Waals surface area (Å²) < 4.78 is 16.1. The van der Waals surface area contributed by atoms with Crippen molar-refractivity contribution in [3.8, 4) is 0 Å². The van der Waals surface area contributed by atoms with E-state index in [1.165, 1.54) is 0 Å². The first-order valence-electron chi connectivity index (χ1n) is 6.22. The molecule has 18 heavy (non-hydrogen) atoms. The van der Waals surface area contributed by atoms with Gasteiger partial charge >= 0.3 is 11.9 Å². The number of hydrogen-bond acceptors (Lipinski definition) is 6. The minimum Gasteiger partial charge on any atom is -0.460 e. The highest BCUT2D eigenvalue weighted by Gasteiger charge is 2.61. The highest BCUT2D eigenvalue weighted by molar-refractivity contribution is 5.79. The average molecular weight is 256 g/mol. The second-order valence-electron chi connectivity index (χ2n) is 5.30. The zero-order valence-corrected chi connectivity index (χ0v) is 10.2. The molecule has 0 aliphatic carbocycles. The van der Waals surface area contributed by atoms with Crippen molar-refractivity contribution in [1.82, 2.24) is 0 Å². The molecule has 0 spiro atoms. The molecule has 3 fully saturated rings. The molecule has 6 nitrogen and oxygen atoms in total. The Morgan fingerprint density at radius 2 is 2.00 bits per heavy atom. The van der Waals surface area contributed by atoms with Crippen LogP contribution in [-0.4, -0.2) is 47.6 Å². The van der Waals surface area contributed by atoms with Gasteiger partial charge in [-0.2, -0.15) is 0 Å². The smallest absolute Gasteiger partial charge is 0.312 e. The minimum absolute atomic E-state index is 0.178. The third-order valence-electron chi connectivity index (χ3n) is 4.06. The van der Waals surface area contributed by atoms with Crippen LogP contribution in [0.15, 0.2) is 0 Å². The second-order valence-corrected chi connectivity index (χ2v) is 5.30. The quantitative estimate of drug-likeness (QED) is 0.644. The Hall–Kier alpha value is -1.14. The lowest BCUT2D eigenvalue weighted by Gasteiger charge is -2.31. The molecule has 0 bridgehead atoms. The van der Waals surface area contributed by atoms with Crippen molar-refractivity contribution in [2.75, 3.05) is 0 Å². The summed E-state index contributed by atoms with van der Waals surface area (Å²) >= 11 is 0. The maximum absolute atomic E-state index is 11.9. The van der Waals surface area contributed by atoms with Gasteiger partial charge in [0.1, 0.15) is 12.2 Å². The van der Waals surface area contributed by atoms with E-state index in [1.54, 1.807) is 13.8 Å². The molecule has 3 aliphatic rings. The molecule has 0 saturated carbocycles. The van der Waals surface area contributed by atoms with Gasteiger partial charge in [0.2, 0.25) is 0 Å². The Bertz CT molecular complexity index is 392. The van der Waals surface area contributed by atoms with E-state index >= 15 is 0 Å². The lowest BCUT2D eigenvalue weighted by molar-refractivity contribution is -0.175. The molecular formula is C12H16O6. The van der Waals surface area contributed by atoms with Crippen LogP contribution in [-0.2, 0) is 23.8 Å². The fraction of sp³-hybridized carbons (Fsp3) is 0.833. The summed E-state index contributed by atoms with van der Waals surface area (Å²) in [5, 5.41) is 9.61. The summed E-state index contributed by atoms with van der Waals surface area (Å²) in [7, 11) is 0.